The molecule has 2 rings (SSSR count). The zero-order chi connectivity index (χ0) is 14.0. The third-order valence-corrected chi connectivity index (χ3v) is 2.74. The summed E-state index contributed by atoms with van der Waals surface area (Å²) >= 11 is 0. The van der Waals surface area contributed by atoms with E-state index in [4.69, 9.17) is 10.5 Å². The number of benzene rings is 2. The highest BCUT2D eigenvalue weighted by Gasteiger charge is 2.11. The van der Waals surface area contributed by atoms with E-state index in [-0.39, 0.29) is 17.9 Å². The molecule has 0 aliphatic rings. The van der Waals surface area contributed by atoms with E-state index in [0.29, 0.717) is 11.3 Å². The van der Waals surface area contributed by atoms with Crippen molar-refractivity contribution in [3.05, 3.63) is 58.9 Å². The first-order chi connectivity index (χ1) is 8.99. The molecule has 0 unspecified atom stereocenters. The lowest BCUT2D eigenvalue weighted by molar-refractivity contribution is 0.282. The van der Waals surface area contributed by atoms with Crippen LogP contribution in [0, 0.1) is 24.4 Å². The maximum absolute atomic E-state index is 13.5. The van der Waals surface area contributed by atoms with Gasteiger partial charge in [-0.25, -0.2) is 13.2 Å². The van der Waals surface area contributed by atoms with E-state index in [1.54, 1.807) is 6.92 Å². The Kier molecular flexibility index (Phi) is 3.64. The molecule has 2 nitrogen and oxygen atoms in total. The van der Waals surface area contributed by atoms with E-state index in [2.05, 4.69) is 0 Å². The average Bonchev–Trinajstić information content (AvgIpc) is 2.37. The molecule has 0 fully saturated rings. The molecular formula is C14H12F3NO. The minimum atomic E-state index is -0.991. The standard InChI is InChI=1S/C14H12F3NO/c1-8-5-13(11(16)6-12(8)18)19-7-9-3-2-4-10(15)14(9)17/h2-6H,7,18H2,1H3. The van der Waals surface area contributed by atoms with Crippen LogP contribution in [0.1, 0.15) is 11.1 Å². The van der Waals surface area contributed by atoms with Gasteiger partial charge in [-0.1, -0.05) is 12.1 Å². The van der Waals surface area contributed by atoms with Crippen LogP contribution >= 0.6 is 0 Å². The lowest BCUT2D eigenvalue weighted by Gasteiger charge is -2.10. The third kappa shape index (κ3) is 2.81. The fraction of sp³-hybridized carbons (Fsp3) is 0.143. The molecule has 0 radical (unpaired) electrons. The fourth-order valence-corrected chi connectivity index (χ4v) is 1.60. The first-order valence-electron chi connectivity index (χ1n) is 5.60. The molecule has 0 amide bonds. The second kappa shape index (κ2) is 5.22. The molecule has 0 saturated heterocycles. The van der Waals surface area contributed by atoms with Gasteiger partial charge >= 0.3 is 0 Å². The zero-order valence-corrected chi connectivity index (χ0v) is 10.2. The Bertz CT molecular complexity index is 614. The highest BCUT2D eigenvalue weighted by Crippen LogP contribution is 2.24. The predicted molar refractivity (Wildman–Crippen MR) is 66.2 cm³/mol. The van der Waals surface area contributed by atoms with Crippen molar-refractivity contribution >= 4 is 5.69 Å². The molecular weight excluding hydrogens is 255 g/mol. The van der Waals surface area contributed by atoms with Crippen LogP contribution in [0.4, 0.5) is 18.9 Å². The number of hydrogen-bond donors (Lipinski definition) is 1. The van der Waals surface area contributed by atoms with Gasteiger partial charge in [-0.05, 0) is 24.6 Å². The summed E-state index contributed by atoms with van der Waals surface area (Å²) in [4.78, 5) is 0. The summed E-state index contributed by atoms with van der Waals surface area (Å²) in [6.07, 6.45) is 0. The molecule has 0 heterocycles. The maximum atomic E-state index is 13.5. The molecule has 0 aromatic heterocycles. The molecule has 5 heteroatoms. The molecule has 0 bridgehead atoms. The summed E-state index contributed by atoms with van der Waals surface area (Å²) in [7, 11) is 0. The fourth-order valence-electron chi connectivity index (χ4n) is 1.60. The Balaban J connectivity index is 2.19. The number of nitrogen functional groups attached to an aromatic ring is 1. The first-order valence-corrected chi connectivity index (χ1v) is 5.60. The van der Waals surface area contributed by atoms with E-state index in [1.807, 2.05) is 0 Å². The van der Waals surface area contributed by atoms with Crippen molar-refractivity contribution in [1.82, 2.24) is 0 Å². The Labute approximate surface area is 108 Å². The Morgan fingerprint density at radius 3 is 2.58 bits per heavy atom. The summed E-state index contributed by atoms with van der Waals surface area (Å²) in [6, 6.07) is 6.30. The van der Waals surface area contributed by atoms with E-state index in [1.165, 1.54) is 18.2 Å². The van der Waals surface area contributed by atoms with Gasteiger partial charge < -0.3 is 10.5 Å². The molecule has 0 spiro atoms. The first kappa shape index (κ1) is 13.3. The van der Waals surface area contributed by atoms with Gasteiger partial charge in [0.2, 0.25) is 0 Å². The Morgan fingerprint density at radius 2 is 1.84 bits per heavy atom. The van der Waals surface area contributed by atoms with Crippen molar-refractivity contribution < 1.29 is 17.9 Å². The van der Waals surface area contributed by atoms with Crippen molar-refractivity contribution in [2.45, 2.75) is 13.5 Å². The smallest absolute Gasteiger partial charge is 0.167 e. The molecule has 19 heavy (non-hydrogen) atoms. The largest absolute Gasteiger partial charge is 0.486 e. The minimum Gasteiger partial charge on any atom is -0.486 e. The maximum Gasteiger partial charge on any atom is 0.167 e. The summed E-state index contributed by atoms with van der Waals surface area (Å²) < 4.78 is 45.1. The van der Waals surface area contributed by atoms with Crippen molar-refractivity contribution in [3.8, 4) is 5.75 Å². The van der Waals surface area contributed by atoms with Gasteiger partial charge in [-0.2, -0.15) is 0 Å². The van der Waals surface area contributed by atoms with Crippen LogP contribution < -0.4 is 10.5 Å². The molecule has 2 aromatic rings. The van der Waals surface area contributed by atoms with Crippen molar-refractivity contribution in [1.29, 1.82) is 0 Å². The number of aryl methyl sites for hydroxylation is 1. The quantitative estimate of drug-likeness (QED) is 0.863. The van der Waals surface area contributed by atoms with E-state index < -0.39 is 17.5 Å². The molecule has 0 saturated carbocycles. The second-order valence-electron chi connectivity index (χ2n) is 4.14. The monoisotopic (exact) mass is 267 g/mol. The molecule has 0 aliphatic carbocycles. The summed E-state index contributed by atoms with van der Waals surface area (Å²) in [5, 5.41) is 0. The highest BCUT2D eigenvalue weighted by molar-refractivity contribution is 5.50. The minimum absolute atomic E-state index is 0.0221. The molecule has 0 aliphatic heterocycles. The Hall–Kier alpha value is -2.17. The van der Waals surface area contributed by atoms with E-state index in [0.717, 1.165) is 12.1 Å². The molecule has 2 N–H and O–H groups in total. The topological polar surface area (TPSA) is 35.2 Å². The van der Waals surface area contributed by atoms with Crippen LogP contribution in [0.3, 0.4) is 0 Å². The van der Waals surface area contributed by atoms with Crippen LogP contribution in [-0.2, 0) is 6.61 Å². The summed E-state index contributed by atoms with van der Waals surface area (Å²) in [6.45, 7) is 1.44. The second-order valence-corrected chi connectivity index (χ2v) is 4.14. The van der Waals surface area contributed by atoms with Gasteiger partial charge in [-0.3, -0.25) is 0 Å². The SMILES string of the molecule is Cc1cc(OCc2cccc(F)c2F)c(F)cc1N. The third-order valence-electron chi connectivity index (χ3n) is 2.74. The van der Waals surface area contributed by atoms with Crippen molar-refractivity contribution in [2.75, 3.05) is 5.73 Å². The lowest BCUT2D eigenvalue weighted by Crippen LogP contribution is -2.02. The molecule has 100 valence electrons. The Morgan fingerprint density at radius 1 is 1.11 bits per heavy atom. The number of ether oxygens (including phenoxy) is 1. The molecule has 2 aromatic carbocycles. The summed E-state index contributed by atoms with van der Waals surface area (Å²) in [5.41, 5.74) is 6.51. The zero-order valence-electron chi connectivity index (χ0n) is 10.2. The van der Waals surface area contributed by atoms with Gasteiger partial charge in [0.15, 0.2) is 23.2 Å². The highest BCUT2D eigenvalue weighted by atomic mass is 19.2. The number of anilines is 1. The van der Waals surface area contributed by atoms with Gasteiger partial charge in [0.05, 0.1) is 0 Å². The average molecular weight is 267 g/mol. The number of rotatable bonds is 3. The van der Waals surface area contributed by atoms with E-state index in [9.17, 15) is 13.2 Å². The van der Waals surface area contributed by atoms with Gasteiger partial charge in [-0.15, -0.1) is 0 Å². The predicted octanol–water partition coefficient (Wildman–Crippen LogP) is 3.57. The van der Waals surface area contributed by atoms with Crippen LogP contribution in [0.2, 0.25) is 0 Å². The van der Waals surface area contributed by atoms with Gasteiger partial charge in [0.25, 0.3) is 0 Å². The number of nitrogens with two attached hydrogens (primary N) is 1. The van der Waals surface area contributed by atoms with Gasteiger partial charge in [0.1, 0.15) is 6.61 Å². The van der Waals surface area contributed by atoms with Crippen LogP contribution in [0.25, 0.3) is 0 Å². The van der Waals surface area contributed by atoms with Gasteiger partial charge in [0, 0.05) is 17.3 Å². The number of halogens is 3. The molecule has 0 atom stereocenters. The van der Waals surface area contributed by atoms with E-state index >= 15 is 0 Å². The summed E-state index contributed by atoms with van der Waals surface area (Å²) in [5.74, 6) is -2.64. The normalized spacial score (nSPS) is 10.5. The lowest BCUT2D eigenvalue weighted by atomic mass is 10.2. The number of hydrogen-bond acceptors (Lipinski definition) is 2. The van der Waals surface area contributed by atoms with Crippen LogP contribution in [-0.4, -0.2) is 0 Å². The van der Waals surface area contributed by atoms with Crippen molar-refractivity contribution in [2.24, 2.45) is 0 Å². The van der Waals surface area contributed by atoms with Crippen LogP contribution in [0.15, 0.2) is 30.3 Å². The van der Waals surface area contributed by atoms with Crippen LogP contribution in [0.5, 0.6) is 5.75 Å². The van der Waals surface area contributed by atoms with Crippen molar-refractivity contribution in [3.63, 3.8) is 0 Å².